The van der Waals surface area contributed by atoms with Crippen LogP contribution in [0.25, 0.3) is 22.3 Å². The quantitative estimate of drug-likeness (QED) is 0.315. The molecule has 182 valence electrons. The number of cyclic esters (lactones) is 1. The second kappa shape index (κ2) is 8.10. The molecule has 2 aliphatic rings. The number of fused-ring (bicyclic) bond motifs is 5. The molecule has 3 aromatic heterocycles. The monoisotopic (exact) mass is 482 g/mol. The highest BCUT2D eigenvalue weighted by atomic mass is 16.5. The molecule has 0 saturated carbocycles. The molecule has 7 heteroatoms. The third-order valence-corrected chi connectivity index (χ3v) is 7.62. The first kappa shape index (κ1) is 22.6. The van der Waals surface area contributed by atoms with Crippen molar-refractivity contribution in [2.45, 2.75) is 58.9 Å². The zero-order valence-electron chi connectivity index (χ0n) is 20.7. The maximum atomic E-state index is 13.7. The van der Waals surface area contributed by atoms with E-state index >= 15 is 0 Å². The van der Waals surface area contributed by atoms with Crippen LogP contribution in [-0.2, 0) is 34.8 Å². The Bertz CT molecular complexity index is 1620. The lowest BCUT2D eigenvalue weighted by Gasteiger charge is -2.26. The van der Waals surface area contributed by atoms with Gasteiger partial charge in [-0.2, -0.15) is 0 Å². The Labute approximate surface area is 208 Å². The Hall–Kier alpha value is -3.84. The highest BCUT2D eigenvalue weighted by molar-refractivity contribution is 5.88. The van der Waals surface area contributed by atoms with Crippen molar-refractivity contribution in [2.75, 3.05) is 0 Å². The molecule has 7 nitrogen and oxygen atoms in total. The lowest BCUT2D eigenvalue weighted by Crippen LogP contribution is -2.34. The second-order valence-electron chi connectivity index (χ2n) is 10.0. The van der Waals surface area contributed by atoms with Crippen LogP contribution in [0.5, 0.6) is 0 Å². The molecule has 0 spiro atoms. The van der Waals surface area contributed by atoms with Crippen LogP contribution in [0, 0.1) is 13.8 Å². The number of nitrogens with zero attached hydrogens (tertiary/aromatic N) is 3. The van der Waals surface area contributed by atoms with Gasteiger partial charge in [0, 0.05) is 28.6 Å². The summed E-state index contributed by atoms with van der Waals surface area (Å²) in [7, 11) is 0. The van der Waals surface area contributed by atoms with Crippen LogP contribution in [0.3, 0.4) is 0 Å². The van der Waals surface area contributed by atoms with Crippen LogP contribution in [0.2, 0.25) is 0 Å². The number of aromatic nitrogens is 3. The van der Waals surface area contributed by atoms with E-state index in [4.69, 9.17) is 9.72 Å². The third kappa shape index (κ3) is 3.45. The van der Waals surface area contributed by atoms with Crippen LogP contribution in [-0.4, -0.2) is 20.6 Å². The van der Waals surface area contributed by atoms with Crippen molar-refractivity contribution >= 4 is 16.9 Å². The van der Waals surface area contributed by atoms with Gasteiger partial charge in [0.1, 0.15) is 12.2 Å². The Morgan fingerprint density at radius 2 is 1.86 bits per heavy atom. The molecule has 5 heterocycles. The van der Waals surface area contributed by atoms with E-state index in [1.165, 1.54) is 5.56 Å². The molecule has 1 N–H and O–H groups in total. The summed E-state index contributed by atoms with van der Waals surface area (Å²) in [6.45, 7) is 6.84. The molecule has 0 saturated heterocycles. The van der Waals surface area contributed by atoms with Crippen molar-refractivity contribution in [1.29, 1.82) is 0 Å². The van der Waals surface area contributed by atoms with Crippen LogP contribution in [0.15, 0.2) is 53.6 Å². The van der Waals surface area contributed by atoms with Crippen LogP contribution in [0.1, 0.15) is 53.1 Å². The summed E-state index contributed by atoms with van der Waals surface area (Å²) in [5, 5.41) is 12.5. The zero-order valence-corrected chi connectivity index (χ0v) is 20.7. The number of hydrogen-bond donors (Lipinski definition) is 1. The van der Waals surface area contributed by atoms with Gasteiger partial charge in [-0.25, -0.2) is 9.55 Å². The number of ether oxygens (including phenoxy) is 1. The predicted octanol–water partition coefficient (Wildman–Crippen LogP) is 3.42. The van der Waals surface area contributed by atoms with E-state index in [0.29, 0.717) is 36.3 Å². The maximum absolute atomic E-state index is 13.7. The smallest absolute Gasteiger partial charge is 0.309 e. The average molecular weight is 483 g/mol. The summed E-state index contributed by atoms with van der Waals surface area (Å²) in [6.07, 6.45) is 4.25. The molecule has 2 aliphatic heterocycles. The first-order valence-electron chi connectivity index (χ1n) is 12.3. The molecule has 4 aromatic rings. The van der Waals surface area contributed by atoms with E-state index in [1.807, 2.05) is 25.1 Å². The van der Waals surface area contributed by atoms with Crippen molar-refractivity contribution in [3.8, 4) is 11.4 Å². The Kier molecular flexibility index (Phi) is 5.09. The topological polar surface area (TPSA) is 85.3 Å². The first-order valence-corrected chi connectivity index (χ1v) is 12.3. The number of carbonyl (C=O) groups is 1. The Balaban J connectivity index is 1.60. The fourth-order valence-corrected chi connectivity index (χ4v) is 5.47. The second-order valence-corrected chi connectivity index (χ2v) is 10.0. The van der Waals surface area contributed by atoms with E-state index in [2.05, 4.69) is 49.0 Å². The van der Waals surface area contributed by atoms with Gasteiger partial charge < -0.3 is 14.4 Å². The molecule has 0 radical (unpaired) electrons. The minimum Gasteiger partial charge on any atom is -0.460 e. The number of carbonyl (C=O) groups excluding carboxylic acids is 1. The van der Waals surface area contributed by atoms with Gasteiger partial charge in [-0.3, -0.25) is 9.59 Å². The van der Waals surface area contributed by atoms with Gasteiger partial charge in [0.2, 0.25) is 0 Å². The largest absolute Gasteiger partial charge is 0.460 e. The number of aryl methyl sites for hydroxylation is 2. The lowest BCUT2D eigenvalue weighted by atomic mass is 9.85. The number of pyridine rings is 3. The van der Waals surface area contributed by atoms with Gasteiger partial charge in [-0.1, -0.05) is 18.6 Å². The highest BCUT2D eigenvalue weighted by Gasteiger charge is 2.40. The van der Waals surface area contributed by atoms with E-state index in [-0.39, 0.29) is 18.6 Å². The average Bonchev–Trinajstić information content (AvgIpc) is 3.17. The fraction of sp³-hybridized carbons (Fsp3) is 0.310. The molecule has 1 unspecified atom stereocenters. The number of esters is 1. The van der Waals surface area contributed by atoms with Crippen LogP contribution < -0.4 is 10.1 Å². The number of rotatable bonds is 3. The molecule has 0 fully saturated rings. The molecule has 36 heavy (non-hydrogen) atoms. The van der Waals surface area contributed by atoms with Crippen LogP contribution >= 0.6 is 0 Å². The van der Waals surface area contributed by atoms with Gasteiger partial charge in [-0.05, 0) is 49.6 Å². The van der Waals surface area contributed by atoms with Crippen LogP contribution in [0.4, 0.5) is 0 Å². The van der Waals surface area contributed by atoms with Gasteiger partial charge in [0.25, 0.3) is 5.56 Å². The molecule has 1 atom stereocenters. The molecular weight excluding hydrogens is 454 g/mol. The molecule has 6 rings (SSSR count). The Morgan fingerprint density at radius 3 is 2.61 bits per heavy atom. The number of aliphatic hydroxyl groups is 1. The minimum absolute atomic E-state index is 0.132. The van der Waals surface area contributed by atoms with E-state index in [1.54, 1.807) is 4.57 Å². The van der Waals surface area contributed by atoms with Gasteiger partial charge in [0.15, 0.2) is 18.9 Å². The van der Waals surface area contributed by atoms with Crippen molar-refractivity contribution in [1.82, 2.24) is 9.55 Å². The summed E-state index contributed by atoms with van der Waals surface area (Å²) in [5.41, 5.74) is 5.89. The molecule has 0 aliphatic carbocycles. The van der Waals surface area contributed by atoms with Crippen molar-refractivity contribution < 1.29 is 19.2 Å². The Morgan fingerprint density at radius 1 is 1.08 bits per heavy atom. The zero-order chi connectivity index (χ0) is 25.2. The maximum Gasteiger partial charge on any atom is 0.309 e. The minimum atomic E-state index is -1.45. The SMILES string of the molecule is CCC1(O)CC(=O)OCc2c1cc1n(c2=O)Cc2c-1nc1ccc(C)cc1c2C[n+]1ccc(C)cc1. The normalized spacial score (nSPS) is 18.4. The van der Waals surface area contributed by atoms with Gasteiger partial charge in [0.05, 0.1) is 35.4 Å². The highest BCUT2D eigenvalue weighted by Crippen LogP contribution is 2.40. The van der Waals surface area contributed by atoms with Crippen molar-refractivity contribution in [3.05, 3.63) is 92.5 Å². The van der Waals surface area contributed by atoms with E-state index in [0.717, 1.165) is 33.3 Å². The fourth-order valence-electron chi connectivity index (χ4n) is 5.47. The predicted molar refractivity (Wildman–Crippen MR) is 134 cm³/mol. The van der Waals surface area contributed by atoms with Crippen molar-refractivity contribution in [3.63, 3.8) is 0 Å². The summed E-state index contributed by atoms with van der Waals surface area (Å²) in [6, 6.07) is 12.2. The molecule has 1 aromatic carbocycles. The van der Waals surface area contributed by atoms with Gasteiger partial charge in [-0.15, -0.1) is 0 Å². The molecule has 0 amide bonds. The summed E-state index contributed by atoms with van der Waals surface area (Å²) >= 11 is 0. The van der Waals surface area contributed by atoms with Gasteiger partial charge >= 0.3 is 5.97 Å². The molecule has 0 bridgehead atoms. The standard InChI is InChI=1S/C29H28N3O4/c1-4-29(35)13-26(33)36-16-22-23(29)12-25-27-21(15-32(25)28(22)34)20(14-31-9-7-17(2)8-10-31)19-11-18(3)5-6-24(19)30-27/h5-12,35H,4,13-16H2,1-3H3/q+1. The lowest BCUT2D eigenvalue weighted by molar-refractivity contribution is -0.688. The van der Waals surface area contributed by atoms with E-state index in [9.17, 15) is 14.7 Å². The van der Waals surface area contributed by atoms with E-state index < -0.39 is 11.6 Å². The third-order valence-electron chi connectivity index (χ3n) is 7.62. The number of hydrogen-bond acceptors (Lipinski definition) is 5. The number of benzene rings is 1. The summed E-state index contributed by atoms with van der Waals surface area (Å²) in [5.74, 6) is -0.502. The summed E-state index contributed by atoms with van der Waals surface area (Å²) < 4.78 is 9.15. The van der Waals surface area contributed by atoms with Crippen molar-refractivity contribution in [2.24, 2.45) is 0 Å². The molecular formula is C29H28N3O4+. The summed E-state index contributed by atoms with van der Waals surface area (Å²) in [4.78, 5) is 30.9. The first-order chi connectivity index (χ1) is 17.3.